The van der Waals surface area contributed by atoms with Crippen LogP contribution in [0.2, 0.25) is 0 Å². The van der Waals surface area contributed by atoms with E-state index in [4.69, 9.17) is 4.74 Å². The van der Waals surface area contributed by atoms with Crippen molar-refractivity contribution < 1.29 is 4.74 Å². The molecule has 3 aromatic rings. The van der Waals surface area contributed by atoms with E-state index in [9.17, 15) is 0 Å². The molecular formula is C28H31NO. The molecule has 2 nitrogen and oxygen atoms in total. The molecule has 3 aromatic carbocycles. The standard InChI is InChI=1S/C28H31NO/c1-19-25-13-14-26(21-7-5-4-6-8-21)27(19)28(25)30-24-12-11-22-17-20(15-16-29(2)3)9-10-23(22)18-24/h4-8,11-14,18,20,28H,9-10,15-17H2,1-3H3. The van der Waals surface area contributed by atoms with Crippen molar-refractivity contribution in [3.05, 3.63) is 88.5 Å². The Hall–Kier alpha value is -2.58. The van der Waals surface area contributed by atoms with Gasteiger partial charge in [0.05, 0.1) is 0 Å². The highest BCUT2D eigenvalue weighted by Gasteiger charge is 2.34. The molecule has 2 aliphatic rings. The van der Waals surface area contributed by atoms with E-state index in [1.54, 1.807) is 0 Å². The van der Waals surface area contributed by atoms with Crippen LogP contribution in [0.5, 0.6) is 5.75 Å². The lowest BCUT2D eigenvalue weighted by atomic mass is 9.77. The minimum Gasteiger partial charge on any atom is -0.481 e. The highest BCUT2D eigenvalue weighted by molar-refractivity contribution is 5.75. The van der Waals surface area contributed by atoms with Crippen molar-refractivity contribution in [2.24, 2.45) is 5.92 Å². The molecule has 0 fully saturated rings. The van der Waals surface area contributed by atoms with Gasteiger partial charge in [0, 0.05) is 11.1 Å². The van der Waals surface area contributed by atoms with E-state index in [1.807, 2.05) is 0 Å². The second kappa shape index (κ2) is 7.92. The molecule has 154 valence electrons. The number of aryl methyl sites for hydroxylation is 2. The minimum atomic E-state index is 0.0692. The molecule has 2 bridgehead atoms. The Morgan fingerprint density at radius 3 is 2.57 bits per heavy atom. The van der Waals surface area contributed by atoms with Crippen LogP contribution < -0.4 is 4.74 Å². The van der Waals surface area contributed by atoms with Crippen molar-refractivity contribution >= 4 is 0 Å². The molecule has 2 heteroatoms. The van der Waals surface area contributed by atoms with Gasteiger partial charge in [0.15, 0.2) is 0 Å². The quantitative estimate of drug-likeness (QED) is 0.491. The molecule has 2 atom stereocenters. The van der Waals surface area contributed by atoms with Gasteiger partial charge in [0.25, 0.3) is 0 Å². The Morgan fingerprint density at radius 1 is 0.967 bits per heavy atom. The average molecular weight is 398 g/mol. The molecule has 2 unspecified atom stereocenters. The maximum atomic E-state index is 6.54. The molecule has 2 aliphatic carbocycles. The number of nitrogens with zero attached hydrogens (tertiary/aromatic N) is 1. The smallest absolute Gasteiger partial charge is 0.150 e. The summed E-state index contributed by atoms with van der Waals surface area (Å²) in [6, 6.07) is 21.9. The zero-order valence-corrected chi connectivity index (χ0v) is 18.3. The first kappa shape index (κ1) is 19.4. The van der Waals surface area contributed by atoms with E-state index in [2.05, 4.69) is 86.6 Å². The van der Waals surface area contributed by atoms with Gasteiger partial charge in [-0.3, -0.25) is 0 Å². The minimum absolute atomic E-state index is 0.0692. The van der Waals surface area contributed by atoms with Crippen LogP contribution in [-0.4, -0.2) is 25.5 Å². The van der Waals surface area contributed by atoms with Gasteiger partial charge in [-0.1, -0.05) is 48.5 Å². The summed E-state index contributed by atoms with van der Waals surface area (Å²) in [6.07, 6.45) is 5.05. The first-order valence-electron chi connectivity index (χ1n) is 11.2. The summed E-state index contributed by atoms with van der Waals surface area (Å²) in [5.41, 5.74) is 9.62. The van der Waals surface area contributed by atoms with Crippen molar-refractivity contribution in [3.63, 3.8) is 0 Å². The molecule has 30 heavy (non-hydrogen) atoms. The van der Waals surface area contributed by atoms with Crippen molar-refractivity contribution in [3.8, 4) is 16.9 Å². The first-order chi connectivity index (χ1) is 14.6. The highest BCUT2D eigenvalue weighted by Crippen LogP contribution is 2.47. The van der Waals surface area contributed by atoms with Crippen molar-refractivity contribution in [2.75, 3.05) is 20.6 Å². The van der Waals surface area contributed by atoms with Crippen molar-refractivity contribution in [2.45, 2.75) is 38.7 Å². The number of hydrogen-bond acceptors (Lipinski definition) is 2. The first-order valence-corrected chi connectivity index (χ1v) is 11.2. The third-order valence-corrected chi connectivity index (χ3v) is 6.93. The summed E-state index contributed by atoms with van der Waals surface area (Å²) in [5, 5.41) is 0. The molecule has 0 saturated heterocycles. The molecule has 0 radical (unpaired) electrons. The van der Waals surface area contributed by atoms with Crippen LogP contribution in [0.3, 0.4) is 0 Å². The lowest BCUT2D eigenvalue weighted by Gasteiger charge is -2.35. The summed E-state index contributed by atoms with van der Waals surface area (Å²) in [5.74, 6) is 1.82. The molecule has 0 aliphatic heterocycles. The fraction of sp³-hybridized carbons (Fsp3) is 0.357. The lowest BCUT2D eigenvalue weighted by Crippen LogP contribution is -2.23. The number of ether oxygens (including phenoxy) is 1. The van der Waals surface area contributed by atoms with Crippen LogP contribution in [0, 0.1) is 12.8 Å². The Labute approximate surface area is 180 Å². The van der Waals surface area contributed by atoms with Crippen molar-refractivity contribution in [1.82, 2.24) is 4.90 Å². The SMILES string of the molecule is Cc1c2ccc(-c3ccccc3)c1C2Oc1ccc2c(c1)CCC(CCN(C)C)C2. The zero-order valence-electron chi connectivity index (χ0n) is 18.3. The Balaban J connectivity index is 1.32. The van der Waals surface area contributed by atoms with Crippen LogP contribution in [-0.2, 0) is 12.8 Å². The van der Waals surface area contributed by atoms with Gasteiger partial charge in [-0.15, -0.1) is 0 Å². The highest BCUT2D eigenvalue weighted by atomic mass is 16.5. The van der Waals surface area contributed by atoms with Gasteiger partial charge in [-0.25, -0.2) is 0 Å². The summed E-state index contributed by atoms with van der Waals surface area (Å²) < 4.78 is 6.54. The van der Waals surface area contributed by atoms with Gasteiger partial charge < -0.3 is 9.64 Å². The maximum absolute atomic E-state index is 6.54. The summed E-state index contributed by atoms with van der Waals surface area (Å²) in [7, 11) is 4.34. The van der Waals surface area contributed by atoms with Crippen LogP contribution in [0.15, 0.2) is 60.7 Å². The predicted octanol–water partition coefficient (Wildman–Crippen LogP) is 6.20. The molecular weight excluding hydrogens is 366 g/mol. The topological polar surface area (TPSA) is 12.5 Å². The molecule has 0 amide bonds. The summed E-state index contributed by atoms with van der Waals surface area (Å²) in [6.45, 7) is 3.40. The van der Waals surface area contributed by atoms with E-state index in [1.165, 1.54) is 71.2 Å². The van der Waals surface area contributed by atoms with E-state index in [0.717, 1.165) is 11.7 Å². The maximum Gasteiger partial charge on any atom is 0.150 e. The molecule has 0 spiro atoms. The fourth-order valence-corrected chi connectivity index (χ4v) is 5.14. The second-order valence-corrected chi connectivity index (χ2v) is 9.24. The van der Waals surface area contributed by atoms with Gasteiger partial charge in [-0.05, 0) is 99.1 Å². The van der Waals surface area contributed by atoms with Gasteiger partial charge in [-0.2, -0.15) is 0 Å². The van der Waals surface area contributed by atoms with Crippen LogP contribution in [0.1, 0.15) is 46.8 Å². The largest absolute Gasteiger partial charge is 0.481 e. The molecule has 0 N–H and O–H groups in total. The van der Waals surface area contributed by atoms with Crippen LogP contribution in [0.25, 0.3) is 11.1 Å². The fourth-order valence-electron chi connectivity index (χ4n) is 5.14. The van der Waals surface area contributed by atoms with Gasteiger partial charge >= 0.3 is 0 Å². The van der Waals surface area contributed by atoms with Crippen molar-refractivity contribution in [1.29, 1.82) is 0 Å². The van der Waals surface area contributed by atoms with Crippen LogP contribution in [0.4, 0.5) is 0 Å². The average Bonchev–Trinajstić information content (AvgIpc) is 2.78. The molecule has 0 heterocycles. The third-order valence-electron chi connectivity index (χ3n) is 6.93. The third kappa shape index (κ3) is 3.54. The Bertz CT molecular complexity index is 1050. The zero-order chi connectivity index (χ0) is 20.7. The molecule has 0 saturated carbocycles. The van der Waals surface area contributed by atoms with E-state index >= 15 is 0 Å². The molecule has 0 aromatic heterocycles. The predicted molar refractivity (Wildman–Crippen MR) is 124 cm³/mol. The number of hydrogen-bond donors (Lipinski definition) is 0. The normalized spacial score (nSPS) is 19.3. The lowest BCUT2D eigenvalue weighted by molar-refractivity contribution is 0.230. The second-order valence-electron chi connectivity index (χ2n) is 9.24. The van der Waals surface area contributed by atoms with E-state index in [-0.39, 0.29) is 6.10 Å². The Kier molecular flexibility index (Phi) is 5.12. The molecule has 5 rings (SSSR count). The summed E-state index contributed by atoms with van der Waals surface area (Å²) in [4.78, 5) is 2.30. The number of rotatable bonds is 6. The monoisotopic (exact) mass is 397 g/mol. The van der Waals surface area contributed by atoms with Gasteiger partial charge in [0.1, 0.15) is 11.9 Å². The number of benzene rings is 3. The van der Waals surface area contributed by atoms with E-state index in [0.29, 0.717) is 0 Å². The van der Waals surface area contributed by atoms with Gasteiger partial charge in [0.2, 0.25) is 0 Å². The Morgan fingerprint density at radius 2 is 1.80 bits per heavy atom. The van der Waals surface area contributed by atoms with E-state index < -0.39 is 0 Å². The number of fused-ring (bicyclic) bond motifs is 3. The van der Waals surface area contributed by atoms with Crippen LogP contribution >= 0.6 is 0 Å². The summed E-state index contributed by atoms with van der Waals surface area (Å²) >= 11 is 0.